The zero-order valence-corrected chi connectivity index (χ0v) is 13.8. The van der Waals surface area contributed by atoms with Crippen molar-refractivity contribution >= 4 is 17.5 Å². The van der Waals surface area contributed by atoms with Crippen molar-refractivity contribution in [3.8, 4) is 0 Å². The smallest absolute Gasteiger partial charge is 0.254 e. The second-order valence-corrected chi connectivity index (χ2v) is 6.76. The Morgan fingerprint density at radius 1 is 1.38 bits per heavy atom. The number of halogens is 1. The largest absolute Gasteiger partial charge is 0.350 e. The number of nitrogens with zero attached hydrogens (tertiary/aromatic N) is 2. The van der Waals surface area contributed by atoms with Crippen LogP contribution in [0.5, 0.6) is 0 Å². The molecule has 0 unspecified atom stereocenters. The summed E-state index contributed by atoms with van der Waals surface area (Å²) in [6.45, 7) is 9.02. The van der Waals surface area contributed by atoms with Gasteiger partial charge in [0.2, 0.25) is 0 Å². The first kappa shape index (κ1) is 16.2. The third-order valence-corrected chi connectivity index (χ3v) is 4.44. The van der Waals surface area contributed by atoms with E-state index in [2.05, 4.69) is 29.0 Å². The van der Waals surface area contributed by atoms with E-state index in [9.17, 15) is 4.79 Å². The summed E-state index contributed by atoms with van der Waals surface area (Å²) in [4.78, 5) is 18.8. The van der Waals surface area contributed by atoms with E-state index < -0.39 is 0 Å². The van der Waals surface area contributed by atoms with Gasteiger partial charge in [0, 0.05) is 24.0 Å². The van der Waals surface area contributed by atoms with E-state index in [0.29, 0.717) is 17.1 Å². The molecule has 5 heteroatoms. The first-order chi connectivity index (χ1) is 9.90. The Bertz CT molecular complexity index is 510. The number of carbonyl (C=O) groups excluding carboxylic acids is 1. The fourth-order valence-electron chi connectivity index (χ4n) is 2.70. The fourth-order valence-corrected chi connectivity index (χ4v) is 2.99. The lowest BCUT2D eigenvalue weighted by molar-refractivity contribution is 0.0797. The molecule has 2 heterocycles. The molecule has 21 heavy (non-hydrogen) atoms. The second kappa shape index (κ2) is 6.75. The van der Waals surface area contributed by atoms with E-state index in [-0.39, 0.29) is 11.4 Å². The van der Waals surface area contributed by atoms with Gasteiger partial charge in [0.25, 0.3) is 5.91 Å². The summed E-state index contributed by atoms with van der Waals surface area (Å²) in [5.41, 5.74) is 1.21. The SMILES string of the molecule is Cc1cc(Cl)c(C(=O)NCC(C)(C)N2CCCCC2)cn1. The molecule has 0 saturated carbocycles. The lowest BCUT2D eigenvalue weighted by Gasteiger charge is -2.41. The van der Waals surface area contributed by atoms with Gasteiger partial charge in [-0.25, -0.2) is 0 Å². The number of nitrogens with one attached hydrogen (secondary N) is 1. The molecular formula is C16H24ClN3O. The number of amides is 1. The fraction of sp³-hybridized carbons (Fsp3) is 0.625. The number of hydrogen-bond acceptors (Lipinski definition) is 3. The monoisotopic (exact) mass is 309 g/mol. The number of aromatic nitrogens is 1. The van der Waals surface area contributed by atoms with Crippen LogP contribution >= 0.6 is 11.6 Å². The zero-order chi connectivity index (χ0) is 15.5. The highest BCUT2D eigenvalue weighted by molar-refractivity contribution is 6.33. The summed E-state index contributed by atoms with van der Waals surface area (Å²) in [6, 6.07) is 1.71. The van der Waals surface area contributed by atoms with Crippen LogP contribution in [0, 0.1) is 6.92 Å². The Balaban J connectivity index is 1.96. The van der Waals surface area contributed by atoms with Crippen LogP contribution in [0.15, 0.2) is 12.3 Å². The molecule has 0 aromatic carbocycles. The predicted molar refractivity (Wildman–Crippen MR) is 85.8 cm³/mol. The summed E-state index contributed by atoms with van der Waals surface area (Å²) >= 11 is 6.11. The molecule has 1 N–H and O–H groups in total. The van der Waals surface area contributed by atoms with E-state index in [1.807, 2.05) is 6.92 Å². The Morgan fingerprint density at radius 3 is 2.67 bits per heavy atom. The Hall–Kier alpha value is -1.13. The standard InChI is InChI=1S/C16H24ClN3O/c1-12-9-14(17)13(10-18-12)15(21)19-11-16(2,3)20-7-5-4-6-8-20/h9-10H,4-8,11H2,1-3H3,(H,19,21). The number of aryl methyl sites for hydroxylation is 1. The number of rotatable bonds is 4. The van der Waals surface area contributed by atoms with E-state index in [1.54, 1.807) is 12.3 Å². The highest BCUT2D eigenvalue weighted by Crippen LogP contribution is 2.20. The van der Waals surface area contributed by atoms with Crippen molar-refractivity contribution in [1.29, 1.82) is 0 Å². The first-order valence-corrected chi connectivity index (χ1v) is 7.93. The minimum absolute atomic E-state index is 0.0410. The molecule has 116 valence electrons. The molecule has 0 aliphatic carbocycles. The summed E-state index contributed by atoms with van der Waals surface area (Å²) in [7, 11) is 0. The van der Waals surface area contributed by atoms with Gasteiger partial charge < -0.3 is 5.32 Å². The third-order valence-electron chi connectivity index (χ3n) is 4.13. The van der Waals surface area contributed by atoms with Gasteiger partial charge in [0.05, 0.1) is 10.6 Å². The average Bonchev–Trinajstić information content (AvgIpc) is 2.46. The number of pyridine rings is 1. The van der Waals surface area contributed by atoms with Crippen LogP contribution in [0.3, 0.4) is 0 Å². The van der Waals surface area contributed by atoms with Crippen molar-refractivity contribution in [2.45, 2.75) is 45.6 Å². The highest BCUT2D eigenvalue weighted by Gasteiger charge is 2.28. The highest BCUT2D eigenvalue weighted by atomic mass is 35.5. The molecule has 0 bridgehead atoms. The molecule has 4 nitrogen and oxygen atoms in total. The van der Waals surface area contributed by atoms with Crippen LogP contribution in [0.25, 0.3) is 0 Å². The Kier molecular flexibility index (Phi) is 5.22. The maximum atomic E-state index is 12.3. The number of piperidine rings is 1. The third kappa shape index (κ3) is 4.17. The van der Waals surface area contributed by atoms with Crippen LogP contribution in [0.4, 0.5) is 0 Å². The van der Waals surface area contributed by atoms with Gasteiger partial charge >= 0.3 is 0 Å². The molecule has 1 aromatic rings. The molecule has 2 rings (SSSR count). The molecule has 1 aliphatic rings. The van der Waals surface area contributed by atoms with Gasteiger partial charge in [-0.3, -0.25) is 14.7 Å². The van der Waals surface area contributed by atoms with Crippen LogP contribution in [-0.2, 0) is 0 Å². The van der Waals surface area contributed by atoms with Crippen LogP contribution in [0.1, 0.15) is 49.2 Å². The van der Waals surface area contributed by atoms with Crippen LogP contribution in [0.2, 0.25) is 5.02 Å². The number of likely N-dealkylation sites (tertiary alicyclic amines) is 1. The minimum atomic E-state index is -0.155. The number of hydrogen-bond donors (Lipinski definition) is 1. The van der Waals surface area contributed by atoms with Crippen molar-refractivity contribution in [3.05, 3.63) is 28.5 Å². The van der Waals surface area contributed by atoms with E-state index in [0.717, 1.165) is 18.8 Å². The predicted octanol–water partition coefficient (Wildman–Crippen LogP) is 3.04. The van der Waals surface area contributed by atoms with E-state index in [4.69, 9.17) is 11.6 Å². The molecule has 1 fully saturated rings. The van der Waals surface area contributed by atoms with Gasteiger partial charge in [-0.15, -0.1) is 0 Å². The molecular weight excluding hydrogens is 286 g/mol. The van der Waals surface area contributed by atoms with E-state index in [1.165, 1.54) is 19.3 Å². The molecule has 0 atom stereocenters. The zero-order valence-electron chi connectivity index (χ0n) is 13.1. The van der Waals surface area contributed by atoms with Gasteiger partial charge in [0.1, 0.15) is 0 Å². The lowest BCUT2D eigenvalue weighted by atomic mass is 9.98. The molecule has 1 saturated heterocycles. The molecule has 1 aromatic heterocycles. The van der Waals surface area contributed by atoms with Gasteiger partial charge in [-0.2, -0.15) is 0 Å². The van der Waals surface area contributed by atoms with Crippen molar-refractivity contribution in [2.75, 3.05) is 19.6 Å². The summed E-state index contributed by atoms with van der Waals surface area (Å²) in [5, 5.41) is 3.45. The van der Waals surface area contributed by atoms with E-state index >= 15 is 0 Å². The lowest BCUT2D eigenvalue weighted by Crippen LogP contribution is -2.53. The summed E-state index contributed by atoms with van der Waals surface area (Å²) in [5.74, 6) is -0.155. The maximum absolute atomic E-state index is 12.3. The van der Waals surface area contributed by atoms with Crippen molar-refractivity contribution in [3.63, 3.8) is 0 Å². The van der Waals surface area contributed by atoms with Crippen molar-refractivity contribution in [2.24, 2.45) is 0 Å². The maximum Gasteiger partial charge on any atom is 0.254 e. The quantitative estimate of drug-likeness (QED) is 0.930. The summed E-state index contributed by atoms with van der Waals surface area (Å²) in [6.07, 6.45) is 5.33. The van der Waals surface area contributed by atoms with Crippen molar-refractivity contribution in [1.82, 2.24) is 15.2 Å². The first-order valence-electron chi connectivity index (χ1n) is 7.55. The molecule has 0 radical (unpaired) electrons. The normalized spacial score (nSPS) is 16.8. The average molecular weight is 310 g/mol. The van der Waals surface area contributed by atoms with Crippen molar-refractivity contribution < 1.29 is 4.79 Å². The Labute approximate surface area is 131 Å². The minimum Gasteiger partial charge on any atom is -0.350 e. The molecule has 1 aliphatic heterocycles. The van der Waals surface area contributed by atoms with Gasteiger partial charge in [0.15, 0.2) is 0 Å². The Morgan fingerprint density at radius 2 is 2.05 bits per heavy atom. The molecule has 1 amide bonds. The van der Waals surface area contributed by atoms with Gasteiger partial charge in [-0.1, -0.05) is 18.0 Å². The van der Waals surface area contributed by atoms with Crippen LogP contribution < -0.4 is 5.32 Å². The number of carbonyl (C=O) groups is 1. The summed E-state index contributed by atoms with van der Waals surface area (Å²) < 4.78 is 0. The second-order valence-electron chi connectivity index (χ2n) is 6.35. The van der Waals surface area contributed by atoms with Gasteiger partial charge in [-0.05, 0) is 52.8 Å². The topological polar surface area (TPSA) is 45.2 Å². The molecule has 0 spiro atoms. The van der Waals surface area contributed by atoms with Crippen LogP contribution in [-0.4, -0.2) is 41.0 Å².